The van der Waals surface area contributed by atoms with Gasteiger partial charge in [0.05, 0.1) is 28.0 Å². The first kappa shape index (κ1) is 41.6. The first-order valence-electron chi connectivity index (χ1n) is 20.7. The van der Waals surface area contributed by atoms with E-state index in [2.05, 4.69) is 114 Å². The Morgan fingerprint density at radius 3 is 2.38 bits per heavy atom. The molecule has 2 fully saturated rings. The van der Waals surface area contributed by atoms with Gasteiger partial charge in [0.15, 0.2) is 5.82 Å². The number of carbonyl (C=O) groups excluding carboxylic acids is 1. The smallest absolute Gasteiger partial charge is 0.254 e. The summed E-state index contributed by atoms with van der Waals surface area (Å²) >= 11 is 8.03. The Balaban J connectivity index is 0.789. The number of amides is 1. The molecule has 1 saturated heterocycles. The molecule has 2 aliphatic heterocycles. The Labute approximate surface area is 361 Å². The molecule has 8 rings (SSSR count). The van der Waals surface area contributed by atoms with E-state index in [1.807, 2.05) is 6.92 Å². The molecule has 5 heterocycles. The number of benzene rings is 2. The number of aliphatic imine (C=N–C) groups is 1. The van der Waals surface area contributed by atoms with Crippen molar-refractivity contribution in [2.24, 2.45) is 15.8 Å². The number of hydrogen-bond acceptors (Lipinski definition) is 11. The predicted octanol–water partition coefficient (Wildman–Crippen LogP) is 8.71. The monoisotopic (exact) mass is 845 g/mol. The van der Waals surface area contributed by atoms with Gasteiger partial charge in [-0.1, -0.05) is 63.6 Å². The largest absolute Gasteiger partial charge is 0.489 e. The van der Waals surface area contributed by atoms with Crippen molar-refractivity contribution in [2.75, 3.05) is 24.6 Å². The molecular weight excluding hydrogens is 794 g/mol. The number of nitrogens with zero attached hydrogens (tertiary/aromatic N) is 8. The van der Waals surface area contributed by atoms with Gasteiger partial charge in [0.25, 0.3) is 5.91 Å². The Morgan fingerprint density at radius 1 is 1.02 bits per heavy atom. The van der Waals surface area contributed by atoms with Gasteiger partial charge in [-0.15, -0.1) is 21.5 Å². The second-order valence-electron chi connectivity index (χ2n) is 17.5. The van der Waals surface area contributed by atoms with Crippen LogP contribution in [0.5, 0.6) is 5.75 Å². The summed E-state index contributed by atoms with van der Waals surface area (Å²) in [6, 6.07) is 15.7. The maximum atomic E-state index is 13.4. The standard InChI is InChI=1S/C46H52ClN9O3S/c1-26-28(3)60-41-37(26)38(51-27(2)39-54-53-29(4)56(39)41)31-13-11-30(12-14-31)10-9-21-58-34-17-19-55(20-18-34)44-49-24-33(25-50-44)40(57)52-42-45(5,6)43(46(42,7)8)59-35-16-15-32(23-48)36(47)22-35/h11-16,22,24-25,27,34,42-43H,9-10,17-21H2,1-8H3,(H,52,57)/t27-,42?,43?/m0/s1. The molecule has 2 aromatic carbocycles. The van der Waals surface area contributed by atoms with Gasteiger partial charge >= 0.3 is 0 Å². The molecule has 12 nitrogen and oxygen atoms in total. The van der Waals surface area contributed by atoms with Crippen molar-refractivity contribution in [2.45, 2.75) is 105 Å². The van der Waals surface area contributed by atoms with E-state index < -0.39 is 0 Å². The van der Waals surface area contributed by atoms with Crippen LogP contribution in [0.15, 0.2) is 59.9 Å². The van der Waals surface area contributed by atoms with Crippen LogP contribution in [0.4, 0.5) is 5.95 Å². The second-order valence-corrected chi connectivity index (χ2v) is 19.1. The normalized spacial score (nSPS) is 20.6. The number of nitrogens with one attached hydrogen (secondary N) is 1. The van der Waals surface area contributed by atoms with Crippen molar-refractivity contribution in [1.82, 2.24) is 30.0 Å². The molecule has 1 saturated carbocycles. The Hall–Kier alpha value is -5.16. The summed E-state index contributed by atoms with van der Waals surface area (Å²) in [7, 11) is 0. The zero-order chi connectivity index (χ0) is 42.5. The van der Waals surface area contributed by atoms with E-state index in [1.165, 1.54) is 21.6 Å². The predicted molar refractivity (Wildman–Crippen MR) is 235 cm³/mol. The molecule has 312 valence electrons. The molecule has 1 N–H and O–H groups in total. The maximum Gasteiger partial charge on any atom is 0.254 e. The molecule has 3 aromatic heterocycles. The molecular formula is C46H52ClN9O3S. The van der Waals surface area contributed by atoms with Crippen LogP contribution in [-0.4, -0.2) is 74.3 Å². The number of fused-ring (bicyclic) bond motifs is 3. The molecule has 1 atom stereocenters. The van der Waals surface area contributed by atoms with Crippen molar-refractivity contribution < 1.29 is 14.3 Å². The highest BCUT2D eigenvalue weighted by Gasteiger charge is 2.64. The highest BCUT2D eigenvalue weighted by molar-refractivity contribution is 7.15. The average Bonchev–Trinajstić information content (AvgIpc) is 3.73. The molecule has 60 heavy (non-hydrogen) atoms. The lowest BCUT2D eigenvalue weighted by molar-refractivity contribution is -0.164. The minimum Gasteiger partial charge on any atom is -0.489 e. The zero-order valence-electron chi connectivity index (χ0n) is 35.5. The third kappa shape index (κ3) is 7.70. The Morgan fingerprint density at radius 2 is 1.72 bits per heavy atom. The molecule has 0 spiro atoms. The zero-order valence-corrected chi connectivity index (χ0v) is 37.1. The first-order valence-corrected chi connectivity index (χ1v) is 21.9. The molecule has 0 unspecified atom stereocenters. The molecule has 0 radical (unpaired) electrons. The summed E-state index contributed by atoms with van der Waals surface area (Å²) in [5, 5.41) is 22.8. The summed E-state index contributed by atoms with van der Waals surface area (Å²) in [6.07, 6.45) is 6.89. The van der Waals surface area contributed by atoms with E-state index in [1.54, 1.807) is 41.9 Å². The molecule has 1 amide bonds. The van der Waals surface area contributed by atoms with Crippen LogP contribution < -0.4 is 15.0 Å². The number of nitriles is 1. The van der Waals surface area contributed by atoms with E-state index in [9.17, 15) is 10.1 Å². The second kappa shape index (κ2) is 16.4. The molecule has 3 aliphatic rings. The first-order chi connectivity index (χ1) is 28.7. The number of piperidine rings is 1. The van der Waals surface area contributed by atoms with Gasteiger partial charge in [-0.05, 0) is 76.6 Å². The van der Waals surface area contributed by atoms with Crippen molar-refractivity contribution >= 4 is 40.5 Å². The number of carbonyl (C=O) groups is 1. The highest BCUT2D eigenvalue weighted by Crippen LogP contribution is 2.55. The minimum absolute atomic E-state index is 0.102. The number of aromatic nitrogens is 5. The van der Waals surface area contributed by atoms with Crippen LogP contribution in [0.2, 0.25) is 5.02 Å². The summed E-state index contributed by atoms with van der Waals surface area (Å²) in [5.41, 5.74) is 5.92. The Kier molecular flexibility index (Phi) is 11.3. The van der Waals surface area contributed by atoms with Crippen molar-refractivity contribution in [3.63, 3.8) is 0 Å². The maximum absolute atomic E-state index is 13.4. The SMILES string of the molecule is Cc1sc2c(c1C)C(c1ccc(CCCOC3CCN(c4ncc(C(=O)NC5C(C)(C)C(Oc6ccc(C#N)c(Cl)c6)C5(C)C)cn4)CC3)cc1)=N[C@@H](C)c1nnc(C)n1-2. The van der Waals surface area contributed by atoms with Gasteiger partial charge in [0.1, 0.15) is 34.8 Å². The van der Waals surface area contributed by atoms with Crippen molar-refractivity contribution in [1.29, 1.82) is 5.26 Å². The summed E-state index contributed by atoms with van der Waals surface area (Å²) in [4.78, 5) is 31.2. The summed E-state index contributed by atoms with van der Waals surface area (Å²) < 4.78 is 14.9. The van der Waals surface area contributed by atoms with Gasteiger partial charge in [-0.3, -0.25) is 14.4 Å². The van der Waals surface area contributed by atoms with Crippen LogP contribution in [0.25, 0.3) is 5.00 Å². The fourth-order valence-corrected chi connectivity index (χ4v) is 10.9. The number of rotatable bonds is 11. The van der Waals surface area contributed by atoms with Crippen LogP contribution in [0.3, 0.4) is 0 Å². The van der Waals surface area contributed by atoms with Crippen LogP contribution in [0.1, 0.15) is 115 Å². The molecule has 5 aromatic rings. The van der Waals surface area contributed by atoms with Gasteiger partial charge in [0.2, 0.25) is 5.95 Å². The number of ether oxygens (including phenoxy) is 2. The van der Waals surface area contributed by atoms with Crippen molar-refractivity contribution in [3.8, 4) is 16.8 Å². The topological polar surface area (TPSA) is 143 Å². The third-order valence-corrected chi connectivity index (χ3v) is 14.1. The summed E-state index contributed by atoms with van der Waals surface area (Å²) in [6.45, 7) is 19.1. The Bertz CT molecular complexity index is 2460. The van der Waals surface area contributed by atoms with Crippen LogP contribution >= 0.6 is 22.9 Å². The highest BCUT2D eigenvalue weighted by atomic mass is 35.5. The quantitative estimate of drug-likeness (QED) is 0.129. The van der Waals surface area contributed by atoms with E-state index in [-0.39, 0.29) is 41.0 Å². The molecule has 0 bridgehead atoms. The van der Waals surface area contributed by atoms with E-state index in [0.717, 1.165) is 66.7 Å². The van der Waals surface area contributed by atoms with Crippen LogP contribution in [-0.2, 0) is 11.2 Å². The van der Waals surface area contributed by atoms with Gasteiger partial charge in [-0.25, -0.2) is 9.97 Å². The molecule has 14 heteroatoms. The summed E-state index contributed by atoms with van der Waals surface area (Å²) in [5.74, 6) is 2.76. The van der Waals surface area contributed by atoms with Gasteiger partial charge in [0, 0.05) is 71.0 Å². The number of hydrogen-bond donors (Lipinski definition) is 1. The lowest BCUT2D eigenvalue weighted by Gasteiger charge is -2.63. The van der Waals surface area contributed by atoms with E-state index >= 15 is 0 Å². The fraction of sp³-hybridized carbons (Fsp3) is 0.457. The van der Waals surface area contributed by atoms with E-state index in [4.69, 9.17) is 26.1 Å². The van der Waals surface area contributed by atoms with Gasteiger partial charge < -0.3 is 19.7 Å². The number of halogens is 1. The van der Waals surface area contributed by atoms with Crippen LogP contribution in [0, 0.1) is 42.9 Å². The number of thiophene rings is 1. The number of aryl methyl sites for hydroxylation is 3. The average molecular weight is 847 g/mol. The van der Waals surface area contributed by atoms with Gasteiger partial charge in [-0.2, -0.15) is 5.26 Å². The minimum atomic E-state index is -0.374. The van der Waals surface area contributed by atoms with Crippen molar-refractivity contribution in [3.05, 3.63) is 110 Å². The molecule has 1 aliphatic carbocycles. The lowest BCUT2D eigenvalue weighted by Crippen LogP contribution is -2.74. The number of anilines is 1. The van der Waals surface area contributed by atoms with E-state index in [0.29, 0.717) is 34.5 Å². The lowest BCUT2D eigenvalue weighted by atomic mass is 9.49. The third-order valence-electron chi connectivity index (χ3n) is 12.6. The fourth-order valence-electron chi connectivity index (χ4n) is 9.47.